The van der Waals surface area contributed by atoms with Gasteiger partial charge in [-0.1, -0.05) is 30.3 Å². The highest BCUT2D eigenvalue weighted by Crippen LogP contribution is 2.17. The molecule has 1 fully saturated rings. The Morgan fingerprint density at radius 2 is 1.85 bits per heavy atom. The molecule has 2 atom stereocenters. The lowest BCUT2D eigenvalue weighted by Crippen LogP contribution is -3.14. The number of quaternary nitrogens is 1. The van der Waals surface area contributed by atoms with Gasteiger partial charge in [0.05, 0.1) is 19.0 Å². The molecule has 2 aromatic carbocycles. The van der Waals surface area contributed by atoms with Crippen LogP contribution in [0.3, 0.4) is 0 Å². The van der Waals surface area contributed by atoms with Crippen molar-refractivity contribution in [2.45, 2.75) is 19.4 Å². The molecular weight excluding hydrogens is 342 g/mol. The molecule has 27 heavy (non-hydrogen) atoms. The lowest BCUT2D eigenvalue weighted by Gasteiger charge is -2.27. The Morgan fingerprint density at radius 1 is 1.11 bits per heavy atom. The number of likely N-dealkylation sites (tertiary alicyclic amines) is 1. The standard InChI is InChI=1S/C21H25N3O3/c22-21(26)17-7-4-12-24(13-17)14-20(25)23-18-8-10-19(11-9-18)27-15-16-5-2-1-3-6-16/h1-3,5-6,8-11,17H,4,7,12-15H2,(H2,22,26)(H,23,25)/p+1/t17-/m0/s1. The number of ether oxygens (including phenoxy) is 1. The van der Waals surface area contributed by atoms with Gasteiger partial charge in [-0.25, -0.2) is 0 Å². The van der Waals surface area contributed by atoms with Gasteiger partial charge in [0.15, 0.2) is 6.54 Å². The summed E-state index contributed by atoms with van der Waals surface area (Å²) in [6.07, 6.45) is 1.74. The molecule has 2 aromatic rings. The summed E-state index contributed by atoms with van der Waals surface area (Å²) in [6.45, 7) is 2.38. The largest absolute Gasteiger partial charge is 0.489 e. The number of benzene rings is 2. The van der Waals surface area contributed by atoms with Crippen molar-refractivity contribution in [3.63, 3.8) is 0 Å². The topological polar surface area (TPSA) is 85.9 Å². The molecule has 1 aliphatic heterocycles. The van der Waals surface area contributed by atoms with Crippen LogP contribution in [0.25, 0.3) is 0 Å². The highest BCUT2D eigenvalue weighted by Gasteiger charge is 2.28. The highest BCUT2D eigenvalue weighted by molar-refractivity contribution is 5.91. The van der Waals surface area contributed by atoms with E-state index < -0.39 is 0 Å². The van der Waals surface area contributed by atoms with Gasteiger partial charge in [0.25, 0.3) is 5.91 Å². The summed E-state index contributed by atoms with van der Waals surface area (Å²) in [4.78, 5) is 24.7. The second-order valence-corrected chi connectivity index (χ2v) is 6.97. The Labute approximate surface area is 159 Å². The van der Waals surface area contributed by atoms with Crippen molar-refractivity contribution in [2.24, 2.45) is 11.7 Å². The number of nitrogens with two attached hydrogens (primary N) is 1. The number of nitrogens with one attached hydrogen (secondary N) is 2. The third kappa shape index (κ3) is 5.82. The van der Waals surface area contributed by atoms with Gasteiger partial charge in [0, 0.05) is 5.69 Å². The summed E-state index contributed by atoms with van der Waals surface area (Å²) in [5.41, 5.74) is 7.23. The van der Waals surface area contributed by atoms with E-state index in [1.165, 1.54) is 0 Å². The van der Waals surface area contributed by atoms with Gasteiger partial charge in [-0.2, -0.15) is 0 Å². The number of hydrogen-bond acceptors (Lipinski definition) is 3. The quantitative estimate of drug-likeness (QED) is 0.681. The molecule has 0 spiro atoms. The first-order chi connectivity index (χ1) is 13.1. The van der Waals surface area contributed by atoms with Crippen LogP contribution in [0.1, 0.15) is 18.4 Å². The summed E-state index contributed by atoms with van der Waals surface area (Å²) < 4.78 is 5.75. The maximum absolute atomic E-state index is 12.3. The van der Waals surface area contributed by atoms with E-state index >= 15 is 0 Å². The first kappa shape index (κ1) is 18.9. The molecule has 0 aliphatic carbocycles. The second kappa shape index (κ2) is 9.19. The van der Waals surface area contributed by atoms with E-state index in [0.29, 0.717) is 19.7 Å². The van der Waals surface area contributed by atoms with Gasteiger partial charge >= 0.3 is 0 Å². The van der Waals surface area contributed by atoms with Crippen LogP contribution in [-0.2, 0) is 16.2 Å². The summed E-state index contributed by atoms with van der Waals surface area (Å²) in [6, 6.07) is 17.3. The molecule has 142 valence electrons. The van der Waals surface area contributed by atoms with E-state index in [-0.39, 0.29) is 17.7 Å². The number of hydrogen-bond donors (Lipinski definition) is 3. The van der Waals surface area contributed by atoms with Gasteiger partial charge in [0.2, 0.25) is 5.91 Å². The first-order valence-electron chi connectivity index (χ1n) is 9.29. The SMILES string of the molecule is NC(=O)[C@H]1CCC[NH+](CC(=O)Nc2ccc(OCc3ccccc3)cc2)C1. The van der Waals surface area contributed by atoms with E-state index in [2.05, 4.69) is 5.32 Å². The second-order valence-electron chi connectivity index (χ2n) is 6.97. The molecule has 1 unspecified atom stereocenters. The molecule has 0 bridgehead atoms. The normalized spacial score (nSPS) is 19.3. The molecule has 0 radical (unpaired) electrons. The average Bonchev–Trinajstić information content (AvgIpc) is 2.68. The predicted molar refractivity (Wildman–Crippen MR) is 103 cm³/mol. The van der Waals surface area contributed by atoms with Crippen molar-refractivity contribution in [1.82, 2.24) is 0 Å². The fraction of sp³-hybridized carbons (Fsp3) is 0.333. The predicted octanol–water partition coefficient (Wildman–Crippen LogP) is 0.984. The summed E-state index contributed by atoms with van der Waals surface area (Å²) in [7, 11) is 0. The molecule has 0 saturated carbocycles. The van der Waals surface area contributed by atoms with Crippen LogP contribution >= 0.6 is 0 Å². The van der Waals surface area contributed by atoms with Crippen molar-refractivity contribution < 1.29 is 19.2 Å². The smallest absolute Gasteiger partial charge is 0.279 e. The number of piperidine rings is 1. The Hall–Kier alpha value is -2.86. The molecule has 3 rings (SSSR count). The zero-order chi connectivity index (χ0) is 19.1. The molecule has 1 aliphatic rings. The monoisotopic (exact) mass is 368 g/mol. The molecular formula is C21H26N3O3+. The van der Waals surface area contributed by atoms with Crippen molar-refractivity contribution in [2.75, 3.05) is 25.0 Å². The molecule has 6 heteroatoms. The van der Waals surface area contributed by atoms with Crippen LogP contribution in [0.4, 0.5) is 5.69 Å². The zero-order valence-electron chi connectivity index (χ0n) is 15.3. The third-order valence-electron chi connectivity index (χ3n) is 4.82. The van der Waals surface area contributed by atoms with Crippen LogP contribution in [-0.4, -0.2) is 31.4 Å². The lowest BCUT2D eigenvalue weighted by atomic mass is 9.97. The van der Waals surface area contributed by atoms with E-state index in [1.54, 1.807) is 0 Å². The van der Waals surface area contributed by atoms with Gasteiger partial charge in [-0.15, -0.1) is 0 Å². The molecule has 4 N–H and O–H groups in total. The third-order valence-corrected chi connectivity index (χ3v) is 4.82. The molecule has 1 heterocycles. The lowest BCUT2D eigenvalue weighted by molar-refractivity contribution is -0.899. The van der Waals surface area contributed by atoms with E-state index in [1.807, 2.05) is 54.6 Å². The summed E-state index contributed by atoms with van der Waals surface area (Å²) in [5, 5.41) is 2.90. The Morgan fingerprint density at radius 3 is 2.56 bits per heavy atom. The van der Waals surface area contributed by atoms with Crippen LogP contribution in [0.5, 0.6) is 5.75 Å². The summed E-state index contributed by atoms with van der Waals surface area (Å²) >= 11 is 0. The minimum absolute atomic E-state index is 0.0620. The number of rotatable bonds is 7. The van der Waals surface area contributed by atoms with Gasteiger partial charge in [-0.05, 0) is 42.7 Å². The van der Waals surface area contributed by atoms with E-state index in [0.717, 1.165) is 41.3 Å². The number of carbonyl (C=O) groups is 2. The van der Waals surface area contributed by atoms with Gasteiger partial charge < -0.3 is 20.7 Å². The maximum Gasteiger partial charge on any atom is 0.279 e. The fourth-order valence-corrected chi connectivity index (χ4v) is 3.36. The molecule has 6 nitrogen and oxygen atoms in total. The van der Waals surface area contributed by atoms with Crippen LogP contribution in [0.2, 0.25) is 0 Å². The highest BCUT2D eigenvalue weighted by atomic mass is 16.5. The minimum atomic E-state index is -0.265. The minimum Gasteiger partial charge on any atom is -0.489 e. The van der Waals surface area contributed by atoms with E-state index in [4.69, 9.17) is 10.5 Å². The average molecular weight is 368 g/mol. The Bertz CT molecular complexity index is 762. The number of primary amides is 1. The maximum atomic E-state index is 12.3. The Balaban J connectivity index is 1.46. The van der Waals surface area contributed by atoms with Crippen molar-refractivity contribution in [3.05, 3.63) is 60.2 Å². The van der Waals surface area contributed by atoms with E-state index in [9.17, 15) is 9.59 Å². The number of amides is 2. The molecule has 1 saturated heterocycles. The van der Waals surface area contributed by atoms with Crippen molar-refractivity contribution in [3.8, 4) is 5.75 Å². The number of anilines is 1. The fourth-order valence-electron chi connectivity index (χ4n) is 3.36. The Kier molecular flexibility index (Phi) is 6.44. The van der Waals surface area contributed by atoms with Crippen molar-refractivity contribution in [1.29, 1.82) is 0 Å². The van der Waals surface area contributed by atoms with Gasteiger partial charge in [-0.3, -0.25) is 9.59 Å². The summed E-state index contributed by atoms with van der Waals surface area (Å²) in [5.74, 6) is 0.303. The van der Waals surface area contributed by atoms with Crippen LogP contribution < -0.4 is 20.7 Å². The van der Waals surface area contributed by atoms with Gasteiger partial charge in [0.1, 0.15) is 12.4 Å². The number of carbonyl (C=O) groups excluding carboxylic acids is 2. The molecule has 0 aromatic heterocycles. The van der Waals surface area contributed by atoms with Crippen molar-refractivity contribution >= 4 is 17.5 Å². The van der Waals surface area contributed by atoms with Crippen LogP contribution in [0.15, 0.2) is 54.6 Å². The van der Waals surface area contributed by atoms with Crippen LogP contribution in [0, 0.1) is 5.92 Å². The zero-order valence-corrected chi connectivity index (χ0v) is 15.3. The molecule has 2 amide bonds. The first-order valence-corrected chi connectivity index (χ1v) is 9.29.